The van der Waals surface area contributed by atoms with Crippen LogP contribution >= 0.6 is 15.9 Å². The molecule has 2 heteroatoms. The van der Waals surface area contributed by atoms with E-state index in [1.165, 1.54) is 12.8 Å². The minimum absolute atomic E-state index is 0.136. The van der Waals surface area contributed by atoms with Crippen molar-refractivity contribution in [3.63, 3.8) is 0 Å². The quantitative estimate of drug-likeness (QED) is 0.598. The van der Waals surface area contributed by atoms with Gasteiger partial charge in [-0.05, 0) is 44.4 Å². The summed E-state index contributed by atoms with van der Waals surface area (Å²) in [5.41, 5.74) is 0. The molecule has 0 radical (unpaired) electrons. The molecule has 0 heterocycles. The van der Waals surface area contributed by atoms with Crippen molar-refractivity contribution in [1.29, 1.82) is 0 Å². The summed E-state index contributed by atoms with van der Waals surface area (Å²) in [6.07, 6.45) is 4.89. The van der Waals surface area contributed by atoms with Crippen LogP contribution in [0.3, 0.4) is 0 Å². The van der Waals surface area contributed by atoms with E-state index >= 15 is 0 Å². The molecular weight excluding hydrogens is 228 g/mol. The van der Waals surface area contributed by atoms with Gasteiger partial charge in [0.15, 0.2) is 0 Å². The summed E-state index contributed by atoms with van der Waals surface area (Å²) in [4.78, 5) is 12.0. The Morgan fingerprint density at radius 2 is 2.08 bits per heavy atom. The number of Topliss-reactive ketones (excluding diaryl/α,β-unsaturated/α-hetero) is 1. The maximum absolute atomic E-state index is 12.0. The number of hydrogen-bond acceptors (Lipinski definition) is 1. The molecule has 0 aromatic rings. The van der Waals surface area contributed by atoms with E-state index in [0.29, 0.717) is 17.6 Å². The van der Waals surface area contributed by atoms with Crippen molar-refractivity contribution in [1.82, 2.24) is 0 Å². The van der Waals surface area contributed by atoms with Gasteiger partial charge in [-0.2, -0.15) is 0 Å². The molecule has 4 bridgehead atoms. The Bertz CT molecular complexity index is 271. The van der Waals surface area contributed by atoms with Crippen molar-refractivity contribution >= 4 is 21.7 Å². The van der Waals surface area contributed by atoms with Gasteiger partial charge in [-0.3, -0.25) is 4.79 Å². The molecule has 4 fully saturated rings. The third-order valence-corrected chi connectivity index (χ3v) is 5.80. The highest BCUT2D eigenvalue weighted by Gasteiger charge is 2.57. The molecule has 0 amide bonds. The highest BCUT2D eigenvalue weighted by atomic mass is 79.9. The Labute approximate surface area is 87.4 Å². The number of carbonyl (C=O) groups excluding carboxylic acids is 1. The molecule has 1 unspecified atom stereocenters. The van der Waals surface area contributed by atoms with E-state index < -0.39 is 0 Å². The van der Waals surface area contributed by atoms with Crippen molar-refractivity contribution in [2.75, 3.05) is 0 Å². The second-order valence-electron chi connectivity index (χ2n) is 5.31. The van der Waals surface area contributed by atoms with Crippen LogP contribution in [-0.4, -0.2) is 10.1 Å². The molecule has 4 rings (SSSR count). The topological polar surface area (TPSA) is 17.1 Å². The standard InChI is InChI=1S/C11H15BrO/c1-11(12)8-3-6-2-7(5-8)10(13)9(11)4-6/h6-9H,2-5H2,1H3/t6-,7+,8-,9+,11?/m1/s1. The van der Waals surface area contributed by atoms with Crippen LogP contribution < -0.4 is 0 Å². The number of alkyl halides is 1. The average Bonchev–Trinajstić information content (AvgIpc) is 2.08. The Kier molecular flexibility index (Phi) is 1.55. The number of hydrogen-bond donors (Lipinski definition) is 0. The van der Waals surface area contributed by atoms with E-state index in [-0.39, 0.29) is 4.32 Å². The molecule has 4 aliphatic rings. The Balaban J connectivity index is 2.03. The highest BCUT2D eigenvalue weighted by molar-refractivity contribution is 9.10. The van der Waals surface area contributed by atoms with E-state index in [0.717, 1.165) is 24.7 Å². The summed E-state index contributed by atoms with van der Waals surface area (Å²) < 4.78 is 0.136. The fourth-order valence-electron chi connectivity index (χ4n) is 3.85. The van der Waals surface area contributed by atoms with Gasteiger partial charge in [-0.25, -0.2) is 0 Å². The highest BCUT2D eigenvalue weighted by Crippen LogP contribution is 2.59. The van der Waals surface area contributed by atoms with Crippen LogP contribution in [0.4, 0.5) is 0 Å². The van der Waals surface area contributed by atoms with Crippen molar-refractivity contribution in [2.45, 2.75) is 36.9 Å². The lowest BCUT2D eigenvalue weighted by Gasteiger charge is -2.56. The number of halogens is 1. The number of ketones is 1. The van der Waals surface area contributed by atoms with Gasteiger partial charge >= 0.3 is 0 Å². The van der Waals surface area contributed by atoms with Crippen LogP contribution in [0.2, 0.25) is 0 Å². The summed E-state index contributed by atoms with van der Waals surface area (Å²) in [6.45, 7) is 2.23. The summed E-state index contributed by atoms with van der Waals surface area (Å²) in [6, 6.07) is 0. The lowest BCUT2D eigenvalue weighted by Crippen LogP contribution is -2.57. The second kappa shape index (κ2) is 2.39. The van der Waals surface area contributed by atoms with Crippen molar-refractivity contribution < 1.29 is 4.79 Å². The molecule has 0 aromatic heterocycles. The molecule has 0 aliphatic heterocycles. The minimum Gasteiger partial charge on any atom is -0.299 e. The summed E-state index contributed by atoms with van der Waals surface area (Å²) in [5.74, 6) is 2.98. The monoisotopic (exact) mass is 242 g/mol. The Morgan fingerprint density at radius 1 is 1.31 bits per heavy atom. The first-order valence-corrected chi connectivity index (χ1v) is 6.11. The summed E-state index contributed by atoms with van der Waals surface area (Å²) >= 11 is 3.80. The Morgan fingerprint density at radius 3 is 2.85 bits per heavy atom. The van der Waals surface area contributed by atoms with E-state index in [4.69, 9.17) is 0 Å². The fraction of sp³-hybridized carbons (Fsp3) is 0.909. The smallest absolute Gasteiger partial charge is 0.140 e. The zero-order chi connectivity index (χ0) is 9.22. The van der Waals surface area contributed by atoms with Crippen molar-refractivity contribution in [2.24, 2.45) is 23.7 Å². The molecule has 0 spiro atoms. The number of rotatable bonds is 0. The maximum atomic E-state index is 12.0. The molecule has 4 aliphatic carbocycles. The average molecular weight is 243 g/mol. The van der Waals surface area contributed by atoms with E-state index in [9.17, 15) is 4.79 Å². The third-order valence-electron chi connectivity index (χ3n) is 4.60. The molecule has 5 atom stereocenters. The SMILES string of the molecule is CC1(Br)[C@@H]2C[C@H]3C[C@@H](C2)C(=O)[C@@H]1C3. The van der Waals surface area contributed by atoms with Gasteiger partial charge in [-0.15, -0.1) is 0 Å². The third kappa shape index (κ3) is 0.958. The zero-order valence-electron chi connectivity index (χ0n) is 7.92. The molecule has 0 saturated heterocycles. The van der Waals surface area contributed by atoms with Crippen LogP contribution in [0.25, 0.3) is 0 Å². The predicted molar refractivity (Wildman–Crippen MR) is 54.8 cm³/mol. The van der Waals surface area contributed by atoms with E-state index in [1.807, 2.05) is 0 Å². The predicted octanol–water partition coefficient (Wildman–Crippen LogP) is 2.78. The molecule has 13 heavy (non-hydrogen) atoms. The summed E-state index contributed by atoms with van der Waals surface area (Å²) in [7, 11) is 0. The number of carbonyl (C=O) groups is 1. The first-order chi connectivity index (χ1) is 6.09. The van der Waals surface area contributed by atoms with Crippen LogP contribution in [-0.2, 0) is 4.79 Å². The first kappa shape index (κ1) is 8.46. The first-order valence-electron chi connectivity index (χ1n) is 5.31. The van der Waals surface area contributed by atoms with E-state index in [1.54, 1.807) is 0 Å². The van der Waals surface area contributed by atoms with Gasteiger partial charge in [0.25, 0.3) is 0 Å². The van der Waals surface area contributed by atoms with Crippen LogP contribution in [0.15, 0.2) is 0 Å². The van der Waals surface area contributed by atoms with Crippen molar-refractivity contribution in [3.8, 4) is 0 Å². The van der Waals surface area contributed by atoms with Crippen LogP contribution in [0.5, 0.6) is 0 Å². The largest absolute Gasteiger partial charge is 0.299 e. The normalized spacial score (nSPS) is 58.8. The minimum atomic E-state index is 0.136. The van der Waals surface area contributed by atoms with Crippen molar-refractivity contribution in [3.05, 3.63) is 0 Å². The molecule has 0 aromatic carbocycles. The summed E-state index contributed by atoms with van der Waals surface area (Å²) in [5, 5.41) is 0. The van der Waals surface area contributed by atoms with Crippen LogP contribution in [0, 0.1) is 23.7 Å². The van der Waals surface area contributed by atoms with Gasteiger partial charge in [0.1, 0.15) is 5.78 Å². The fourth-order valence-corrected chi connectivity index (χ4v) is 4.64. The lowest BCUT2D eigenvalue weighted by molar-refractivity contribution is -0.142. The molecular formula is C11H15BrO. The van der Waals surface area contributed by atoms with Gasteiger partial charge in [0.2, 0.25) is 0 Å². The molecule has 72 valence electrons. The second-order valence-corrected chi connectivity index (χ2v) is 7.02. The zero-order valence-corrected chi connectivity index (χ0v) is 9.51. The van der Waals surface area contributed by atoms with Gasteiger partial charge in [0, 0.05) is 16.2 Å². The van der Waals surface area contributed by atoms with E-state index in [2.05, 4.69) is 22.9 Å². The lowest BCUT2D eigenvalue weighted by atomic mass is 9.51. The molecule has 1 nitrogen and oxygen atoms in total. The molecule has 0 N–H and O–H groups in total. The molecule has 4 saturated carbocycles. The van der Waals surface area contributed by atoms with Gasteiger partial charge < -0.3 is 0 Å². The van der Waals surface area contributed by atoms with Gasteiger partial charge in [0.05, 0.1) is 0 Å². The maximum Gasteiger partial charge on any atom is 0.140 e. The van der Waals surface area contributed by atoms with Gasteiger partial charge in [-0.1, -0.05) is 15.9 Å². The van der Waals surface area contributed by atoms with Crippen LogP contribution in [0.1, 0.15) is 32.6 Å². The Hall–Kier alpha value is 0.150.